The zero-order chi connectivity index (χ0) is 32.0. The van der Waals surface area contributed by atoms with Crippen LogP contribution in [0.4, 0.5) is 13.2 Å². The van der Waals surface area contributed by atoms with Crippen molar-refractivity contribution in [3.05, 3.63) is 112 Å². The number of aromatic nitrogens is 3. The summed E-state index contributed by atoms with van der Waals surface area (Å²) in [5.74, 6) is 0.541. The molecule has 0 saturated heterocycles. The standard InChI is InChI=1S/C34H34F3N5O3/c1-19-25(18-39-41(19)3)20(2)42-31(28-14-21-10-7-9-13-27(21)40-28)24-15-23(44-4)16-29(45-5)30(24)32(42)33(43)38-17-22-11-6-8-12-26(22)34(35,36)37/h6-16,18,20,31-32,40H,17H2,1-5H3,(H,38,43). The largest absolute Gasteiger partial charge is 0.497 e. The van der Waals surface area contributed by atoms with Crippen molar-refractivity contribution in [3.8, 4) is 11.5 Å². The van der Waals surface area contributed by atoms with Crippen LogP contribution in [0.3, 0.4) is 0 Å². The summed E-state index contributed by atoms with van der Waals surface area (Å²) in [6.45, 7) is 3.67. The fourth-order valence-corrected chi connectivity index (χ4v) is 6.49. The number of nitrogens with zero attached hydrogens (tertiary/aromatic N) is 3. The van der Waals surface area contributed by atoms with Gasteiger partial charge in [-0.3, -0.25) is 14.4 Å². The molecule has 234 valence electrons. The first kappa shape index (κ1) is 30.3. The number of alkyl halides is 3. The SMILES string of the molecule is COc1cc(OC)c2c(c1)C(c1cc3ccccc3[nH]1)N(C(C)c1cnn(C)c1C)C2C(=O)NCc1ccccc1C(F)(F)F. The Balaban J connectivity index is 1.52. The first-order valence-corrected chi connectivity index (χ1v) is 14.6. The monoisotopic (exact) mass is 617 g/mol. The highest BCUT2D eigenvalue weighted by molar-refractivity contribution is 5.87. The van der Waals surface area contributed by atoms with Crippen LogP contribution in [0.15, 0.2) is 72.9 Å². The third kappa shape index (κ3) is 5.31. The van der Waals surface area contributed by atoms with Crippen molar-refractivity contribution in [1.82, 2.24) is 25.0 Å². The molecule has 1 amide bonds. The molecular formula is C34H34F3N5O3. The fourth-order valence-electron chi connectivity index (χ4n) is 6.49. The van der Waals surface area contributed by atoms with Crippen LogP contribution in [-0.4, -0.2) is 39.8 Å². The van der Waals surface area contributed by atoms with Gasteiger partial charge in [-0.25, -0.2) is 0 Å². The van der Waals surface area contributed by atoms with E-state index in [4.69, 9.17) is 9.47 Å². The van der Waals surface area contributed by atoms with Crippen LogP contribution in [-0.2, 0) is 24.6 Å². The van der Waals surface area contributed by atoms with Gasteiger partial charge in [0.05, 0.1) is 32.0 Å². The van der Waals surface area contributed by atoms with Crippen molar-refractivity contribution < 1.29 is 27.4 Å². The van der Waals surface area contributed by atoms with Crippen LogP contribution < -0.4 is 14.8 Å². The Morgan fingerprint density at radius 1 is 1.07 bits per heavy atom. The second kappa shape index (κ2) is 11.6. The van der Waals surface area contributed by atoms with Crippen molar-refractivity contribution in [2.45, 2.75) is 44.7 Å². The minimum Gasteiger partial charge on any atom is -0.497 e. The van der Waals surface area contributed by atoms with E-state index in [0.29, 0.717) is 17.1 Å². The van der Waals surface area contributed by atoms with E-state index in [1.807, 2.05) is 51.2 Å². The lowest BCUT2D eigenvalue weighted by Crippen LogP contribution is -2.40. The number of hydrogen-bond donors (Lipinski definition) is 2. The van der Waals surface area contributed by atoms with Gasteiger partial charge in [0.25, 0.3) is 0 Å². The van der Waals surface area contributed by atoms with Gasteiger partial charge in [0.2, 0.25) is 5.91 Å². The highest BCUT2D eigenvalue weighted by atomic mass is 19.4. The van der Waals surface area contributed by atoms with Gasteiger partial charge in [-0.2, -0.15) is 18.3 Å². The van der Waals surface area contributed by atoms with Crippen molar-refractivity contribution in [2.75, 3.05) is 14.2 Å². The van der Waals surface area contributed by atoms with E-state index >= 15 is 0 Å². The molecule has 3 unspecified atom stereocenters. The van der Waals surface area contributed by atoms with Gasteiger partial charge in [0, 0.05) is 53.7 Å². The summed E-state index contributed by atoms with van der Waals surface area (Å²) in [6.07, 6.45) is -2.77. The van der Waals surface area contributed by atoms with E-state index in [1.165, 1.54) is 25.3 Å². The number of benzene rings is 3. The average molecular weight is 618 g/mol. The zero-order valence-corrected chi connectivity index (χ0v) is 25.6. The van der Waals surface area contributed by atoms with Gasteiger partial charge in [-0.15, -0.1) is 0 Å². The van der Waals surface area contributed by atoms with Crippen molar-refractivity contribution >= 4 is 16.8 Å². The van der Waals surface area contributed by atoms with Gasteiger partial charge >= 0.3 is 6.18 Å². The van der Waals surface area contributed by atoms with Crippen LogP contribution >= 0.6 is 0 Å². The molecule has 0 radical (unpaired) electrons. The van der Waals surface area contributed by atoms with Crippen LogP contribution in [0.5, 0.6) is 11.5 Å². The van der Waals surface area contributed by atoms with Crippen LogP contribution in [0.25, 0.3) is 10.9 Å². The van der Waals surface area contributed by atoms with Crippen LogP contribution in [0.1, 0.15) is 64.3 Å². The predicted molar refractivity (Wildman–Crippen MR) is 164 cm³/mol. The summed E-state index contributed by atoms with van der Waals surface area (Å²) in [5, 5.41) is 8.30. The molecule has 1 aliphatic heterocycles. The molecule has 0 spiro atoms. The first-order chi connectivity index (χ1) is 21.5. The summed E-state index contributed by atoms with van der Waals surface area (Å²) in [7, 11) is 4.95. The van der Waals surface area contributed by atoms with Crippen molar-refractivity contribution in [3.63, 3.8) is 0 Å². The number of carbonyl (C=O) groups is 1. The number of fused-ring (bicyclic) bond motifs is 2. The molecule has 8 nitrogen and oxygen atoms in total. The van der Waals surface area contributed by atoms with E-state index in [1.54, 1.807) is 24.1 Å². The van der Waals surface area contributed by atoms with Crippen molar-refractivity contribution in [2.24, 2.45) is 7.05 Å². The Bertz CT molecular complexity index is 1850. The van der Waals surface area contributed by atoms with Gasteiger partial charge < -0.3 is 19.8 Å². The third-order valence-electron chi connectivity index (χ3n) is 8.81. The zero-order valence-electron chi connectivity index (χ0n) is 25.6. The molecule has 11 heteroatoms. The number of carbonyl (C=O) groups excluding carboxylic acids is 1. The first-order valence-electron chi connectivity index (χ1n) is 14.6. The lowest BCUT2D eigenvalue weighted by Gasteiger charge is -2.35. The average Bonchev–Trinajstić information content (AvgIpc) is 3.71. The van der Waals surface area contributed by atoms with Gasteiger partial charge in [-0.1, -0.05) is 36.4 Å². The highest BCUT2D eigenvalue weighted by Gasteiger charge is 2.49. The maximum Gasteiger partial charge on any atom is 0.416 e. The Kier molecular flexibility index (Phi) is 7.82. The van der Waals surface area contributed by atoms with Crippen molar-refractivity contribution in [1.29, 1.82) is 0 Å². The molecule has 0 saturated carbocycles. The molecule has 0 fully saturated rings. The molecule has 0 bridgehead atoms. The minimum absolute atomic E-state index is 0.0202. The Morgan fingerprint density at radius 3 is 2.47 bits per heavy atom. The topological polar surface area (TPSA) is 84.4 Å². The number of H-pyrrole nitrogens is 1. The third-order valence-corrected chi connectivity index (χ3v) is 8.81. The molecule has 3 aromatic carbocycles. The fraction of sp³-hybridized carbons (Fsp3) is 0.294. The number of para-hydroxylation sites is 1. The van der Waals surface area contributed by atoms with E-state index in [0.717, 1.165) is 39.5 Å². The molecule has 3 heterocycles. The summed E-state index contributed by atoms with van der Waals surface area (Å²) in [5.41, 5.74) is 4.23. The van der Waals surface area contributed by atoms with E-state index in [-0.39, 0.29) is 18.2 Å². The summed E-state index contributed by atoms with van der Waals surface area (Å²) < 4.78 is 54.7. The lowest BCUT2D eigenvalue weighted by atomic mass is 9.98. The summed E-state index contributed by atoms with van der Waals surface area (Å²) >= 11 is 0. The van der Waals surface area contributed by atoms with E-state index in [9.17, 15) is 18.0 Å². The highest BCUT2D eigenvalue weighted by Crippen LogP contribution is 2.54. The molecule has 3 atom stereocenters. The smallest absolute Gasteiger partial charge is 0.416 e. The molecule has 5 aromatic rings. The molecule has 1 aliphatic rings. The normalized spacial score (nSPS) is 17.3. The number of rotatable bonds is 8. The maximum absolute atomic E-state index is 14.4. The molecular weight excluding hydrogens is 583 g/mol. The van der Waals surface area contributed by atoms with Gasteiger partial charge in [0.15, 0.2) is 0 Å². The second-order valence-corrected chi connectivity index (χ2v) is 11.3. The van der Waals surface area contributed by atoms with Crippen LogP contribution in [0, 0.1) is 6.92 Å². The Hall–Kier alpha value is -4.77. The molecule has 0 aliphatic carbocycles. The maximum atomic E-state index is 14.4. The summed E-state index contributed by atoms with van der Waals surface area (Å²) in [6, 6.07) is 17.1. The number of nitrogens with one attached hydrogen (secondary N) is 2. The quantitative estimate of drug-likeness (QED) is 0.201. The second-order valence-electron chi connectivity index (χ2n) is 11.3. The number of methoxy groups -OCH3 is 2. The van der Waals surface area contributed by atoms with Crippen LogP contribution in [0.2, 0.25) is 0 Å². The number of ether oxygens (including phenoxy) is 2. The molecule has 2 N–H and O–H groups in total. The number of aryl methyl sites for hydroxylation is 1. The Labute approximate surface area is 258 Å². The molecule has 6 rings (SSSR count). The lowest BCUT2D eigenvalue weighted by molar-refractivity contribution is -0.138. The minimum atomic E-state index is -4.56. The number of hydrogen-bond acceptors (Lipinski definition) is 5. The predicted octanol–water partition coefficient (Wildman–Crippen LogP) is 6.77. The number of amides is 1. The number of aromatic amines is 1. The summed E-state index contributed by atoms with van der Waals surface area (Å²) in [4.78, 5) is 20.0. The van der Waals surface area contributed by atoms with Gasteiger partial charge in [0.1, 0.15) is 17.5 Å². The van der Waals surface area contributed by atoms with Gasteiger partial charge in [-0.05, 0) is 54.6 Å². The van der Waals surface area contributed by atoms with E-state index in [2.05, 4.69) is 26.4 Å². The number of halogens is 3. The molecule has 2 aromatic heterocycles. The Morgan fingerprint density at radius 2 is 1.80 bits per heavy atom. The molecule has 45 heavy (non-hydrogen) atoms. The van der Waals surface area contributed by atoms with E-state index < -0.39 is 29.7 Å².